The van der Waals surface area contributed by atoms with E-state index >= 15 is 0 Å². The summed E-state index contributed by atoms with van der Waals surface area (Å²) in [6, 6.07) is 5.69. The maximum absolute atomic E-state index is 6.01. The zero-order valence-corrected chi connectivity index (χ0v) is 9.82. The standard InChI is InChI=1S/C10H13ClO2S/c1-12-5-6-13-8-3-4-10(14-2)9(11)7-8/h3-4,7H,5-6H2,1-2H3. The van der Waals surface area contributed by atoms with Gasteiger partial charge in [-0.05, 0) is 24.5 Å². The van der Waals surface area contributed by atoms with Crippen LogP contribution >= 0.6 is 23.4 Å². The molecule has 0 aromatic heterocycles. The Morgan fingerprint density at radius 1 is 1.36 bits per heavy atom. The highest BCUT2D eigenvalue weighted by atomic mass is 35.5. The summed E-state index contributed by atoms with van der Waals surface area (Å²) in [7, 11) is 1.65. The fourth-order valence-corrected chi connectivity index (χ4v) is 1.84. The van der Waals surface area contributed by atoms with Crippen molar-refractivity contribution >= 4 is 23.4 Å². The van der Waals surface area contributed by atoms with Crippen LogP contribution in [0.3, 0.4) is 0 Å². The largest absolute Gasteiger partial charge is 0.491 e. The van der Waals surface area contributed by atoms with E-state index < -0.39 is 0 Å². The third kappa shape index (κ3) is 3.40. The van der Waals surface area contributed by atoms with Gasteiger partial charge in [-0.2, -0.15) is 0 Å². The second kappa shape index (κ2) is 6.17. The van der Waals surface area contributed by atoms with Crippen molar-refractivity contribution in [1.82, 2.24) is 0 Å². The van der Waals surface area contributed by atoms with Crippen LogP contribution in [-0.4, -0.2) is 26.6 Å². The topological polar surface area (TPSA) is 18.5 Å². The third-order valence-electron chi connectivity index (χ3n) is 1.68. The van der Waals surface area contributed by atoms with Crippen molar-refractivity contribution in [3.8, 4) is 5.75 Å². The Labute approximate surface area is 93.5 Å². The van der Waals surface area contributed by atoms with Crippen molar-refractivity contribution in [1.29, 1.82) is 0 Å². The second-order valence-electron chi connectivity index (χ2n) is 2.64. The molecule has 0 aliphatic heterocycles. The number of ether oxygens (including phenoxy) is 2. The van der Waals surface area contributed by atoms with Crippen LogP contribution in [0.4, 0.5) is 0 Å². The summed E-state index contributed by atoms with van der Waals surface area (Å²) >= 11 is 7.63. The normalized spacial score (nSPS) is 10.2. The van der Waals surface area contributed by atoms with Gasteiger partial charge in [0.05, 0.1) is 11.6 Å². The zero-order valence-electron chi connectivity index (χ0n) is 8.25. The molecule has 0 heterocycles. The van der Waals surface area contributed by atoms with Gasteiger partial charge in [0.15, 0.2) is 0 Å². The van der Waals surface area contributed by atoms with Crippen molar-refractivity contribution in [3.63, 3.8) is 0 Å². The fourth-order valence-electron chi connectivity index (χ4n) is 0.980. The number of hydrogen-bond acceptors (Lipinski definition) is 3. The van der Waals surface area contributed by atoms with Gasteiger partial charge in [0.25, 0.3) is 0 Å². The second-order valence-corrected chi connectivity index (χ2v) is 3.89. The SMILES string of the molecule is COCCOc1ccc(SC)c(Cl)c1. The molecule has 0 saturated heterocycles. The van der Waals surface area contributed by atoms with Gasteiger partial charge in [-0.25, -0.2) is 0 Å². The highest BCUT2D eigenvalue weighted by Crippen LogP contribution is 2.28. The molecule has 0 radical (unpaired) electrons. The lowest BCUT2D eigenvalue weighted by molar-refractivity contribution is 0.146. The lowest BCUT2D eigenvalue weighted by Gasteiger charge is -2.07. The average molecular weight is 233 g/mol. The Kier molecular flexibility index (Phi) is 5.15. The molecule has 0 N–H and O–H groups in total. The van der Waals surface area contributed by atoms with Crippen LogP contribution in [0.2, 0.25) is 5.02 Å². The minimum Gasteiger partial charge on any atom is -0.491 e. The first-order chi connectivity index (χ1) is 6.77. The summed E-state index contributed by atoms with van der Waals surface area (Å²) in [6.45, 7) is 1.13. The quantitative estimate of drug-likeness (QED) is 0.574. The third-order valence-corrected chi connectivity index (χ3v) is 2.90. The van der Waals surface area contributed by atoms with Crippen molar-refractivity contribution in [3.05, 3.63) is 23.2 Å². The minimum absolute atomic E-state index is 0.547. The molecule has 0 amide bonds. The molecule has 1 aromatic carbocycles. The zero-order chi connectivity index (χ0) is 10.4. The Balaban J connectivity index is 2.57. The number of rotatable bonds is 5. The molecular formula is C10H13ClO2S. The van der Waals surface area contributed by atoms with E-state index in [1.54, 1.807) is 18.9 Å². The Hall–Kier alpha value is -0.380. The van der Waals surface area contributed by atoms with Gasteiger partial charge < -0.3 is 9.47 Å². The number of methoxy groups -OCH3 is 1. The molecule has 0 aliphatic carbocycles. The van der Waals surface area contributed by atoms with Crippen LogP contribution in [0.15, 0.2) is 23.1 Å². The highest BCUT2D eigenvalue weighted by Gasteiger charge is 2.00. The summed E-state index contributed by atoms with van der Waals surface area (Å²) in [4.78, 5) is 1.06. The first-order valence-corrected chi connectivity index (χ1v) is 5.83. The lowest BCUT2D eigenvalue weighted by Crippen LogP contribution is -2.04. The molecule has 0 spiro atoms. The Morgan fingerprint density at radius 2 is 2.14 bits per heavy atom. The van der Waals surface area contributed by atoms with Crippen molar-refractivity contribution in [2.45, 2.75) is 4.90 Å². The number of thioether (sulfide) groups is 1. The molecule has 1 aromatic rings. The predicted molar refractivity (Wildman–Crippen MR) is 60.6 cm³/mol. The molecule has 2 nitrogen and oxygen atoms in total. The number of hydrogen-bond donors (Lipinski definition) is 0. The van der Waals surface area contributed by atoms with Gasteiger partial charge >= 0.3 is 0 Å². The van der Waals surface area contributed by atoms with E-state index in [4.69, 9.17) is 21.1 Å². The molecule has 78 valence electrons. The highest BCUT2D eigenvalue weighted by molar-refractivity contribution is 7.98. The first-order valence-electron chi connectivity index (χ1n) is 4.23. The minimum atomic E-state index is 0.547. The summed E-state index contributed by atoms with van der Waals surface area (Å²) < 4.78 is 10.3. The maximum atomic E-state index is 6.01. The molecule has 0 bridgehead atoms. The van der Waals surface area contributed by atoms with Crippen LogP contribution < -0.4 is 4.74 Å². The fraction of sp³-hybridized carbons (Fsp3) is 0.400. The van der Waals surface area contributed by atoms with Crippen LogP contribution in [0.5, 0.6) is 5.75 Å². The molecular weight excluding hydrogens is 220 g/mol. The van der Waals surface area contributed by atoms with Crippen molar-refractivity contribution < 1.29 is 9.47 Å². The molecule has 0 aliphatic rings. The van der Waals surface area contributed by atoms with Gasteiger partial charge in [-0.15, -0.1) is 11.8 Å². The van der Waals surface area contributed by atoms with Crippen LogP contribution in [-0.2, 0) is 4.74 Å². The van der Waals surface area contributed by atoms with Crippen molar-refractivity contribution in [2.24, 2.45) is 0 Å². The number of halogens is 1. The summed E-state index contributed by atoms with van der Waals surface area (Å²) in [6.07, 6.45) is 1.99. The Morgan fingerprint density at radius 3 is 2.71 bits per heavy atom. The maximum Gasteiger partial charge on any atom is 0.120 e. The lowest BCUT2D eigenvalue weighted by atomic mass is 10.3. The summed E-state index contributed by atoms with van der Waals surface area (Å²) in [5.41, 5.74) is 0. The first kappa shape index (κ1) is 11.7. The van der Waals surface area contributed by atoms with Crippen LogP contribution in [0, 0.1) is 0 Å². The van der Waals surface area contributed by atoms with E-state index in [1.165, 1.54) is 0 Å². The molecule has 1 rings (SSSR count). The Bertz CT molecular complexity index is 291. The summed E-state index contributed by atoms with van der Waals surface area (Å²) in [5, 5.41) is 0.729. The monoisotopic (exact) mass is 232 g/mol. The van der Waals surface area contributed by atoms with E-state index in [9.17, 15) is 0 Å². The molecule has 0 fully saturated rings. The van der Waals surface area contributed by atoms with Crippen LogP contribution in [0.1, 0.15) is 0 Å². The molecule has 0 unspecified atom stereocenters. The van der Waals surface area contributed by atoms with Gasteiger partial charge in [-0.3, -0.25) is 0 Å². The molecule has 4 heteroatoms. The van der Waals surface area contributed by atoms with E-state index in [0.29, 0.717) is 13.2 Å². The molecule has 14 heavy (non-hydrogen) atoms. The van der Waals surface area contributed by atoms with Gasteiger partial charge in [-0.1, -0.05) is 11.6 Å². The van der Waals surface area contributed by atoms with E-state index in [-0.39, 0.29) is 0 Å². The van der Waals surface area contributed by atoms with Crippen molar-refractivity contribution in [2.75, 3.05) is 26.6 Å². The van der Waals surface area contributed by atoms with E-state index in [2.05, 4.69) is 0 Å². The van der Waals surface area contributed by atoms with Gasteiger partial charge in [0.1, 0.15) is 12.4 Å². The van der Waals surface area contributed by atoms with Gasteiger partial charge in [0, 0.05) is 12.0 Å². The van der Waals surface area contributed by atoms with E-state index in [1.807, 2.05) is 24.5 Å². The van der Waals surface area contributed by atoms with E-state index in [0.717, 1.165) is 15.7 Å². The van der Waals surface area contributed by atoms with Gasteiger partial charge in [0.2, 0.25) is 0 Å². The number of benzene rings is 1. The molecule has 0 atom stereocenters. The smallest absolute Gasteiger partial charge is 0.120 e. The average Bonchev–Trinajstić information content (AvgIpc) is 2.18. The molecule has 0 saturated carbocycles. The predicted octanol–water partition coefficient (Wildman–Crippen LogP) is 3.09. The van der Waals surface area contributed by atoms with Crippen LogP contribution in [0.25, 0.3) is 0 Å². The summed E-state index contributed by atoms with van der Waals surface area (Å²) in [5.74, 6) is 0.782.